The number of nitro benzene ring substituents is 1. The highest BCUT2D eigenvalue weighted by Crippen LogP contribution is 2.26. The fraction of sp³-hybridized carbons (Fsp3) is 0.0526. The second-order valence-electron chi connectivity index (χ2n) is 5.76. The van der Waals surface area contributed by atoms with E-state index in [-0.39, 0.29) is 10.6 Å². The van der Waals surface area contributed by atoms with Gasteiger partial charge in [-0.25, -0.2) is 8.42 Å². The van der Waals surface area contributed by atoms with Gasteiger partial charge in [-0.3, -0.25) is 14.8 Å². The molecule has 1 N–H and O–H groups in total. The molecule has 0 amide bonds. The van der Waals surface area contributed by atoms with Crippen molar-refractivity contribution in [2.45, 2.75) is 11.8 Å². The molecular weight excluding hydrogens is 352 g/mol. The van der Waals surface area contributed by atoms with Gasteiger partial charge in [-0.05, 0) is 35.7 Å². The Morgan fingerprint density at radius 2 is 1.58 bits per heavy atom. The molecule has 0 bridgehead atoms. The highest BCUT2D eigenvalue weighted by Gasteiger charge is 2.20. The standard InChI is InChI=1S/C19H16N2O4S/c1-14-10-11-18(21(22)23)13-19(14)26(24,25)20-17-9-5-8-16(12-17)15-6-3-2-4-7-15/h2-13,20H,1H3. The Kier molecular flexibility index (Phi) is 4.73. The first kappa shape index (κ1) is 17.6. The van der Waals surface area contributed by atoms with Crippen LogP contribution in [0.2, 0.25) is 0 Å². The molecule has 0 saturated heterocycles. The highest BCUT2D eigenvalue weighted by atomic mass is 32.2. The van der Waals surface area contributed by atoms with E-state index in [4.69, 9.17) is 0 Å². The lowest BCUT2D eigenvalue weighted by molar-refractivity contribution is -0.385. The number of sulfonamides is 1. The molecule has 0 unspecified atom stereocenters. The molecule has 0 aromatic heterocycles. The number of non-ortho nitro benzene ring substituents is 1. The summed E-state index contributed by atoms with van der Waals surface area (Å²) in [7, 11) is -3.95. The summed E-state index contributed by atoms with van der Waals surface area (Å²) in [6.45, 7) is 1.60. The van der Waals surface area contributed by atoms with E-state index in [1.807, 2.05) is 36.4 Å². The van der Waals surface area contributed by atoms with Crippen LogP contribution in [0.3, 0.4) is 0 Å². The van der Waals surface area contributed by atoms with Crippen molar-refractivity contribution in [3.8, 4) is 11.1 Å². The van der Waals surface area contributed by atoms with Gasteiger partial charge in [0, 0.05) is 17.8 Å². The normalized spacial score (nSPS) is 11.1. The van der Waals surface area contributed by atoms with E-state index in [9.17, 15) is 18.5 Å². The third-order valence-corrected chi connectivity index (χ3v) is 5.42. The minimum atomic E-state index is -3.95. The zero-order valence-corrected chi connectivity index (χ0v) is 14.7. The van der Waals surface area contributed by atoms with Crippen LogP contribution in [0.1, 0.15) is 5.56 Å². The van der Waals surface area contributed by atoms with Gasteiger partial charge in [0.15, 0.2) is 0 Å². The largest absolute Gasteiger partial charge is 0.280 e. The molecule has 132 valence electrons. The van der Waals surface area contributed by atoms with Crippen LogP contribution in [0.25, 0.3) is 11.1 Å². The summed E-state index contributed by atoms with van der Waals surface area (Å²) in [5.41, 5.74) is 2.37. The van der Waals surface area contributed by atoms with E-state index in [0.717, 1.165) is 17.2 Å². The van der Waals surface area contributed by atoms with E-state index in [1.54, 1.807) is 25.1 Å². The first-order valence-corrected chi connectivity index (χ1v) is 9.28. The first-order chi connectivity index (χ1) is 12.4. The molecular formula is C19H16N2O4S. The molecule has 0 radical (unpaired) electrons. The van der Waals surface area contributed by atoms with Gasteiger partial charge in [0.1, 0.15) is 0 Å². The van der Waals surface area contributed by atoms with E-state index in [2.05, 4.69) is 4.72 Å². The van der Waals surface area contributed by atoms with Crippen molar-refractivity contribution in [2.75, 3.05) is 4.72 Å². The van der Waals surface area contributed by atoms with Crippen LogP contribution in [0.15, 0.2) is 77.7 Å². The zero-order chi connectivity index (χ0) is 18.7. The van der Waals surface area contributed by atoms with E-state index in [1.165, 1.54) is 12.1 Å². The summed E-state index contributed by atoms with van der Waals surface area (Å²) in [5.74, 6) is 0. The topological polar surface area (TPSA) is 89.3 Å². The Balaban J connectivity index is 1.96. The maximum atomic E-state index is 12.7. The van der Waals surface area contributed by atoms with Gasteiger partial charge in [-0.15, -0.1) is 0 Å². The third kappa shape index (κ3) is 3.73. The molecule has 6 nitrogen and oxygen atoms in total. The summed E-state index contributed by atoms with van der Waals surface area (Å²) >= 11 is 0. The van der Waals surface area contributed by atoms with Crippen molar-refractivity contribution in [2.24, 2.45) is 0 Å². The number of nitro groups is 1. The van der Waals surface area contributed by atoms with Crippen LogP contribution in [0.4, 0.5) is 11.4 Å². The highest BCUT2D eigenvalue weighted by molar-refractivity contribution is 7.92. The molecule has 0 aliphatic heterocycles. The van der Waals surface area contributed by atoms with Crippen molar-refractivity contribution >= 4 is 21.4 Å². The van der Waals surface area contributed by atoms with Gasteiger partial charge in [0.05, 0.1) is 9.82 Å². The number of aryl methyl sites for hydroxylation is 1. The fourth-order valence-corrected chi connectivity index (χ4v) is 3.91. The van der Waals surface area contributed by atoms with Gasteiger partial charge >= 0.3 is 0 Å². The Hall–Kier alpha value is -3.19. The molecule has 0 aliphatic carbocycles. The number of nitrogens with zero attached hydrogens (tertiary/aromatic N) is 1. The van der Waals surface area contributed by atoms with Gasteiger partial charge in [-0.1, -0.05) is 48.5 Å². The predicted molar refractivity (Wildman–Crippen MR) is 101 cm³/mol. The van der Waals surface area contributed by atoms with Crippen LogP contribution < -0.4 is 4.72 Å². The van der Waals surface area contributed by atoms with Gasteiger partial charge in [0.2, 0.25) is 0 Å². The molecule has 7 heteroatoms. The lowest BCUT2D eigenvalue weighted by atomic mass is 10.1. The molecule has 26 heavy (non-hydrogen) atoms. The van der Waals surface area contributed by atoms with E-state index >= 15 is 0 Å². The van der Waals surface area contributed by atoms with Gasteiger partial charge < -0.3 is 0 Å². The Labute approximate surface area is 151 Å². The molecule has 0 saturated carbocycles. The first-order valence-electron chi connectivity index (χ1n) is 7.80. The minimum absolute atomic E-state index is 0.114. The van der Waals surface area contributed by atoms with E-state index in [0.29, 0.717) is 11.3 Å². The van der Waals surface area contributed by atoms with Crippen molar-refractivity contribution in [3.05, 3.63) is 88.5 Å². The molecule has 0 heterocycles. The smallest absolute Gasteiger partial charge is 0.270 e. The maximum Gasteiger partial charge on any atom is 0.270 e. The number of nitrogens with one attached hydrogen (secondary N) is 1. The quantitative estimate of drug-likeness (QED) is 0.535. The zero-order valence-electron chi connectivity index (χ0n) is 13.9. The Morgan fingerprint density at radius 1 is 0.885 bits per heavy atom. The second-order valence-corrected chi connectivity index (χ2v) is 7.41. The fourth-order valence-electron chi connectivity index (χ4n) is 2.59. The molecule has 3 aromatic rings. The van der Waals surface area contributed by atoms with Crippen molar-refractivity contribution < 1.29 is 13.3 Å². The van der Waals surface area contributed by atoms with Crippen LogP contribution in [-0.4, -0.2) is 13.3 Å². The predicted octanol–water partition coefficient (Wildman–Crippen LogP) is 4.37. The molecule has 0 atom stereocenters. The molecule has 0 spiro atoms. The molecule has 0 fully saturated rings. The van der Waals surface area contributed by atoms with Crippen LogP contribution >= 0.6 is 0 Å². The SMILES string of the molecule is Cc1ccc([N+](=O)[O-])cc1S(=O)(=O)Nc1cccc(-c2ccccc2)c1. The van der Waals surface area contributed by atoms with Gasteiger partial charge in [0.25, 0.3) is 15.7 Å². The van der Waals surface area contributed by atoms with Crippen LogP contribution in [0, 0.1) is 17.0 Å². The Morgan fingerprint density at radius 3 is 2.27 bits per heavy atom. The average Bonchev–Trinajstić information content (AvgIpc) is 2.62. The number of benzene rings is 3. The average molecular weight is 368 g/mol. The lowest BCUT2D eigenvalue weighted by Gasteiger charge is -2.11. The molecule has 3 aromatic carbocycles. The van der Waals surface area contributed by atoms with Crippen LogP contribution in [0.5, 0.6) is 0 Å². The summed E-state index contributed by atoms with van der Waals surface area (Å²) in [5, 5.41) is 10.9. The third-order valence-electron chi connectivity index (χ3n) is 3.89. The summed E-state index contributed by atoms with van der Waals surface area (Å²) in [6, 6.07) is 20.3. The number of anilines is 1. The summed E-state index contributed by atoms with van der Waals surface area (Å²) in [4.78, 5) is 10.2. The second kappa shape index (κ2) is 6.97. The maximum absolute atomic E-state index is 12.7. The molecule has 3 rings (SSSR count). The van der Waals surface area contributed by atoms with Crippen molar-refractivity contribution in [1.82, 2.24) is 0 Å². The summed E-state index contributed by atoms with van der Waals surface area (Å²) in [6.07, 6.45) is 0. The van der Waals surface area contributed by atoms with Crippen molar-refractivity contribution in [3.63, 3.8) is 0 Å². The summed E-state index contributed by atoms with van der Waals surface area (Å²) < 4.78 is 27.9. The van der Waals surface area contributed by atoms with Crippen molar-refractivity contribution in [1.29, 1.82) is 0 Å². The number of hydrogen-bond donors (Lipinski definition) is 1. The number of rotatable bonds is 5. The lowest BCUT2D eigenvalue weighted by Crippen LogP contribution is -2.14. The van der Waals surface area contributed by atoms with E-state index < -0.39 is 14.9 Å². The number of hydrogen-bond acceptors (Lipinski definition) is 4. The van der Waals surface area contributed by atoms with Gasteiger partial charge in [-0.2, -0.15) is 0 Å². The Bertz CT molecular complexity index is 1060. The monoisotopic (exact) mass is 368 g/mol. The minimum Gasteiger partial charge on any atom is -0.280 e. The van der Waals surface area contributed by atoms with Crippen LogP contribution in [-0.2, 0) is 10.0 Å². The molecule has 0 aliphatic rings.